The minimum atomic E-state index is -0.849. The minimum absolute atomic E-state index is 0.0102. The van der Waals surface area contributed by atoms with Crippen molar-refractivity contribution in [1.82, 2.24) is 5.32 Å². The van der Waals surface area contributed by atoms with Gasteiger partial charge in [0.25, 0.3) is 0 Å². The van der Waals surface area contributed by atoms with E-state index in [0.717, 1.165) is 57.8 Å². The molecule has 2 unspecified atom stereocenters. The second-order valence-electron chi connectivity index (χ2n) is 20.3. The summed E-state index contributed by atoms with van der Waals surface area (Å²) in [5.74, 6) is -0.0702. The first kappa shape index (κ1) is 65.1. The molecule has 67 heavy (non-hydrogen) atoms. The first-order chi connectivity index (χ1) is 33.0. The van der Waals surface area contributed by atoms with Crippen LogP contribution < -0.4 is 5.32 Å². The molecule has 6 nitrogen and oxygen atoms in total. The molecule has 0 fully saturated rings. The van der Waals surface area contributed by atoms with E-state index < -0.39 is 12.1 Å². The molecule has 0 aliphatic rings. The summed E-state index contributed by atoms with van der Waals surface area (Å²) in [6.45, 7) is 4.89. The summed E-state index contributed by atoms with van der Waals surface area (Å²) < 4.78 is 5.49. The van der Waals surface area contributed by atoms with Crippen molar-refractivity contribution in [2.45, 2.75) is 328 Å². The molecule has 0 aliphatic heterocycles. The summed E-state index contributed by atoms with van der Waals surface area (Å²) in [4.78, 5) is 24.5. The van der Waals surface area contributed by atoms with Crippen LogP contribution in [0, 0.1) is 0 Å². The Hall–Kier alpha value is -1.92. The number of carbonyl (C=O) groups excluding carboxylic acids is 2. The van der Waals surface area contributed by atoms with Gasteiger partial charge < -0.3 is 20.3 Å². The van der Waals surface area contributed by atoms with Crippen LogP contribution in [0.1, 0.15) is 316 Å². The van der Waals surface area contributed by atoms with Crippen molar-refractivity contribution in [2.24, 2.45) is 0 Å². The third kappa shape index (κ3) is 53.3. The van der Waals surface area contributed by atoms with Crippen molar-refractivity contribution in [3.63, 3.8) is 0 Å². The van der Waals surface area contributed by atoms with E-state index in [2.05, 4.69) is 43.5 Å². The van der Waals surface area contributed by atoms with E-state index in [1.54, 1.807) is 6.08 Å². The molecule has 0 aromatic heterocycles. The van der Waals surface area contributed by atoms with Gasteiger partial charge >= 0.3 is 5.97 Å². The van der Waals surface area contributed by atoms with Crippen LogP contribution in [0.3, 0.4) is 0 Å². The van der Waals surface area contributed by atoms with Crippen molar-refractivity contribution in [3.05, 3.63) is 36.5 Å². The molecule has 394 valence electrons. The lowest BCUT2D eigenvalue weighted by atomic mass is 10.0. The van der Waals surface area contributed by atoms with Crippen molar-refractivity contribution < 1.29 is 24.5 Å². The number of unbranched alkanes of at least 4 members (excludes halogenated alkanes) is 40. The van der Waals surface area contributed by atoms with Crippen molar-refractivity contribution in [1.29, 1.82) is 0 Å². The minimum Gasteiger partial charge on any atom is -0.466 e. The maximum atomic E-state index is 12.4. The van der Waals surface area contributed by atoms with Gasteiger partial charge in [-0.05, 0) is 64.2 Å². The number of allylic oxidation sites excluding steroid dienone is 5. The summed E-state index contributed by atoms with van der Waals surface area (Å²) in [5.41, 5.74) is 0. The topological polar surface area (TPSA) is 95.9 Å². The van der Waals surface area contributed by atoms with Gasteiger partial charge in [0, 0.05) is 12.8 Å². The van der Waals surface area contributed by atoms with Crippen LogP contribution in [0.2, 0.25) is 0 Å². The van der Waals surface area contributed by atoms with Crippen LogP contribution in [0.15, 0.2) is 36.5 Å². The number of nitrogens with one attached hydrogen (secondary N) is 1. The van der Waals surface area contributed by atoms with Gasteiger partial charge in [-0.3, -0.25) is 9.59 Å². The van der Waals surface area contributed by atoms with Crippen LogP contribution in [-0.4, -0.2) is 47.4 Å². The number of ether oxygens (including phenoxy) is 1. The Morgan fingerprint density at radius 3 is 1.13 bits per heavy atom. The highest BCUT2D eigenvalue weighted by atomic mass is 16.5. The third-order valence-electron chi connectivity index (χ3n) is 13.7. The van der Waals surface area contributed by atoms with E-state index >= 15 is 0 Å². The highest BCUT2D eigenvalue weighted by Crippen LogP contribution is 2.16. The molecule has 0 aliphatic carbocycles. The van der Waals surface area contributed by atoms with E-state index in [9.17, 15) is 19.8 Å². The summed E-state index contributed by atoms with van der Waals surface area (Å²) in [6, 6.07) is -0.634. The Balaban J connectivity index is 3.42. The van der Waals surface area contributed by atoms with E-state index in [-0.39, 0.29) is 18.5 Å². The average molecular weight is 943 g/mol. The number of carbonyl (C=O) groups is 2. The lowest BCUT2D eigenvalue weighted by Crippen LogP contribution is -2.45. The van der Waals surface area contributed by atoms with E-state index in [0.29, 0.717) is 19.4 Å². The summed E-state index contributed by atoms with van der Waals surface area (Å²) in [5, 5.41) is 23.0. The van der Waals surface area contributed by atoms with Crippen molar-refractivity contribution in [2.75, 3.05) is 13.2 Å². The molecule has 6 heteroatoms. The van der Waals surface area contributed by atoms with Gasteiger partial charge in [-0.15, -0.1) is 0 Å². The summed E-state index contributed by atoms with van der Waals surface area (Å²) >= 11 is 0. The molecule has 0 saturated carbocycles. The smallest absolute Gasteiger partial charge is 0.305 e. The molecule has 0 saturated heterocycles. The molecule has 2 atom stereocenters. The van der Waals surface area contributed by atoms with Crippen LogP contribution in [0.25, 0.3) is 0 Å². The van der Waals surface area contributed by atoms with Crippen LogP contribution in [0.4, 0.5) is 0 Å². The van der Waals surface area contributed by atoms with Crippen LogP contribution >= 0.6 is 0 Å². The number of esters is 1. The maximum Gasteiger partial charge on any atom is 0.305 e. The second kappa shape index (κ2) is 56.7. The van der Waals surface area contributed by atoms with Crippen LogP contribution in [0.5, 0.6) is 0 Å². The van der Waals surface area contributed by atoms with E-state index in [4.69, 9.17) is 4.74 Å². The van der Waals surface area contributed by atoms with Gasteiger partial charge in [-0.2, -0.15) is 0 Å². The number of rotatable bonds is 55. The van der Waals surface area contributed by atoms with E-state index in [1.165, 1.54) is 231 Å². The zero-order chi connectivity index (χ0) is 48.6. The first-order valence-corrected chi connectivity index (χ1v) is 29.8. The Labute approximate surface area is 417 Å². The molecule has 0 bridgehead atoms. The largest absolute Gasteiger partial charge is 0.466 e. The monoisotopic (exact) mass is 942 g/mol. The predicted octanol–water partition coefficient (Wildman–Crippen LogP) is 18.4. The molecular formula is C61H115NO5. The highest BCUT2D eigenvalue weighted by molar-refractivity contribution is 5.76. The molecule has 3 N–H and O–H groups in total. The second-order valence-corrected chi connectivity index (χ2v) is 20.3. The molecule has 0 heterocycles. The average Bonchev–Trinajstić information content (AvgIpc) is 3.33. The predicted molar refractivity (Wildman–Crippen MR) is 292 cm³/mol. The standard InChI is InChI=1S/C61H115NO5/c1-3-5-7-9-11-13-15-16-17-25-29-32-35-39-43-47-51-55-61(66)67-56-52-48-44-40-36-33-30-27-24-22-20-18-19-21-23-26-28-31-34-38-42-46-50-54-60(65)62-58(57-63)59(64)53-49-45-41-37-14-12-10-8-6-4-2/h18,20-21,23,49,53,58-59,63-64H,3-17,19,22,24-48,50-52,54-57H2,1-2H3,(H,62,65)/b20-18-,23-21-,53-49+. The normalized spacial score (nSPS) is 12.8. The lowest BCUT2D eigenvalue weighted by Gasteiger charge is -2.20. The Morgan fingerprint density at radius 2 is 0.746 bits per heavy atom. The molecule has 0 aromatic rings. The zero-order valence-corrected chi connectivity index (χ0v) is 44.9. The van der Waals surface area contributed by atoms with Crippen molar-refractivity contribution >= 4 is 11.9 Å². The molecule has 0 aromatic carbocycles. The van der Waals surface area contributed by atoms with Crippen molar-refractivity contribution in [3.8, 4) is 0 Å². The van der Waals surface area contributed by atoms with Gasteiger partial charge in [0.05, 0.1) is 25.4 Å². The Bertz CT molecular complexity index is 1090. The maximum absolute atomic E-state index is 12.4. The summed E-state index contributed by atoms with van der Waals surface area (Å²) in [7, 11) is 0. The van der Waals surface area contributed by atoms with Gasteiger partial charge in [-0.1, -0.05) is 275 Å². The van der Waals surface area contributed by atoms with Gasteiger partial charge in [-0.25, -0.2) is 0 Å². The lowest BCUT2D eigenvalue weighted by molar-refractivity contribution is -0.143. The molecule has 0 rings (SSSR count). The third-order valence-corrected chi connectivity index (χ3v) is 13.7. The number of aliphatic hydroxyl groups is 2. The quantitative estimate of drug-likeness (QED) is 0.0321. The molecule has 0 radical (unpaired) electrons. The highest BCUT2D eigenvalue weighted by Gasteiger charge is 2.18. The van der Waals surface area contributed by atoms with E-state index in [1.807, 2.05) is 6.08 Å². The molecular weight excluding hydrogens is 827 g/mol. The first-order valence-electron chi connectivity index (χ1n) is 29.8. The number of hydrogen-bond donors (Lipinski definition) is 3. The Kier molecular flexibility index (Phi) is 55.0. The van der Waals surface area contributed by atoms with Gasteiger partial charge in [0.15, 0.2) is 0 Å². The number of aliphatic hydroxyl groups excluding tert-OH is 2. The number of hydrogen-bond acceptors (Lipinski definition) is 5. The summed E-state index contributed by atoms with van der Waals surface area (Å²) in [6.07, 6.45) is 70.4. The fourth-order valence-electron chi connectivity index (χ4n) is 9.08. The Morgan fingerprint density at radius 1 is 0.418 bits per heavy atom. The zero-order valence-electron chi connectivity index (χ0n) is 44.9. The van der Waals surface area contributed by atoms with Crippen LogP contribution in [-0.2, 0) is 14.3 Å². The molecule has 1 amide bonds. The fraction of sp³-hybridized carbons (Fsp3) is 0.869. The van der Waals surface area contributed by atoms with Gasteiger partial charge in [0.2, 0.25) is 5.91 Å². The van der Waals surface area contributed by atoms with Gasteiger partial charge in [0.1, 0.15) is 0 Å². The SMILES string of the molecule is CCCCCCCCCC/C=C/C(O)C(CO)NC(=O)CCCCCCCCC/C=C\C/C=C\CCCCCCCCCCCOC(=O)CCCCCCCCCCCCCCCCCCC. The number of amides is 1. The molecule has 0 spiro atoms. The fourth-order valence-corrected chi connectivity index (χ4v) is 9.08.